The average Bonchev–Trinajstić information content (AvgIpc) is 3.13. The number of aromatic amines is 1. The second kappa shape index (κ2) is 12.4. The SMILES string of the molecule is CCOP(=O)(Cc1ccc(NC(=O)CNC(=O)[C@H]2O[C@@H](n3ccc(=O)[nH]c3=O)[C@@H](O)C2O)cc1)OCC. The van der Waals surface area contributed by atoms with Crippen LogP contribution in [-0.4, -0.2) is 69.6 Å². The van der Waals surface area contributed by atoms with E-state index in [-0.39, 0.29) is 19.4 Å². The molecular weight excluding hydrogens is 511 g/mol. The lowest BCUT2D eigenvalue weighted by atomic mass is 10.1. The molecule has 3 rings (SSSR count). The van der Waals surface area contributed by atoms with Gasteiger partial charge in [0, 0.05) is 18.0 Å². The number of aromatic nitrogens is 2. The highest BCUT2D eigenvalue weighted by Gasteiger charge is 2.47. The van der Waals surface area contributed by atoms with Gasteiger partial charge in [0.05, 0.1) is 25.9 Å². The Kier molecular flexibility index (Phi) is 9.54. The number of hydrogen-bond acceptors (Lipinski definition) is 10. The van der Waals surface area contributed by atoms with Crippen molar-refractivity contribution in [3.8, 4) is 0 Å². The second-order valence-corrected chi connectivity index (χ2v) is 10.1. The quantitative estimate of drug-likeness (QED) is 0.235. The van der Waals surface area contributed by atoms with E-state index in [1.165, 1.54) is 0 Å². The summed E-state index contributed by atoms with van der Waals surface area (Å²) in [5.41, 5.74) is -0.469. The number of nitrogens with zero attached hydrogens (tertiary/aromatic N) is 1. The van der Waals surface area contributed by atoms with Crippen LogP contribution in [0.1, 0.15) is 25.6 Å². The van der Waals surface area contributed by atoms with Gasteiger partial charge in [-0.25, -0.2) is 4.79 Å². The third-order valence-electron chi connectivity index (χ3n) is 5.31. The van der Waals surface area contributed by atoms with Crippen LogP contribution in [0.4, 0.5) is 5.69 Å². The molecule has 0 aliphatic carbocycles. The van der Waals surface area contributed by atoms with E-state index in [1.54, 1.807) is 38.1 Å². The van der Waals surface area contributed by atoms with E-state index in [4.69, 9.17) is 13.8 Å². The second-order valence-electron chi connectivity index (χ2n) is 8.01. The number of amides is 2. The molecule has 1 aromatic heterocycles. The fourth-order valence-corrected chi connectivity index (χ4v) is 5.35. The van der Waals surface area contributed by atoms with Crippen molar-refractivity contribution in [1.29, 1.82) is 0 Å². The number of carbonyl (C=O) groups is 2. The molecule has 0 bridgehead atoms. The third-order valence-corrected chi connectivity index (χ3v) is 7.37. The summed E-state index contributed by atoms with van der Waals surface area (Å²) in [4.78, 5) is 49.9. The van der Waals surface area contributed by atoms with E-state index in [2.05, 4.69) is 10.6 Å². The first-order valence-corrected chi connectivity index (χ1v) is 13.2. The van der Waals surface area contributed by atoms with Crippen molar-refractivity contribution in [2.45, 2.75) is 44.5 Å². The minimum absolute atomic E-state index is 0.0701. The van der Waals surface area contributed by atoms with Gasteiger partial charge >= 0.3 is 13.3 Å². The first kappa shape index (κ1) is 28.4. The molecule has 2 heterocycles. The fourth-order valence-electron chi connectivity index (χ4n) is 3.65. The van der Waals surface area contributed by atoms with Crippen molar-refractivity contribution < 1.29 is 38.2 Å². The van der Waals surface area contributed by atoms with Crippen LogP contribution in [0.5, 0.6) is 0 Å². The molecule has 5 N–H and O–H groups in total. The molecule has 1 aliphatic heterocycles. The van der Waals surface area contributed by atoms with Gasteiger partial charge in [0.1, 0.15) is 12.2 Å². The first-order valence-electron chi connectivity index (χ1n) is 11.4. The van der Waals surface area contributed by atoms with Crippen LogP contribution in [0.25, 0.3) is 0 Å². The zero-order valence-corrected chi connectivity index (χ0v) is 21.1. The monoisotopic (exact) mass is 540 g/mol. The number of ether oxygens (including phenoxy) is 1. The minimum Gasteiger partial charge on any atom is -0.387 e. The molecular formula is C22H29N4O10P. The average molecular weight is 540 g/mol. The maximum Gasteiger partial charge on any atom is 0.335 e. The van der Waals surface area contributed by atoms with Gasteiger partial charge in [-0.15, -0.1) is 0 Å². The van der Waals surface area contributed by atoms with Gasteiger partial charge in [-0.1, -0.05) is 12.1 Å². The highest BCUT2D eigenvalue weighted by Crippen LogP contribution is 2.51. The van der Waals surface area contributed by atoms with Gasteiger partial charge in [-0.2, -0.15) is 0 Å². The lowest BCUT2D eigenvalue weighted by Crippen LogP contribution is -2.45. The molecule has 0 saturated carbocycles. The Bertz CT molecular complexity index is 1250. The van der Waals surface area contributed by atoms with Gasteiger partial charge < -0.3 is 34.6 Å². The topological polar surface area (TPSA) is 198 Å². The first-order chi connectivity index (χ1) is 17.6. The van der Waals surface area contributed by atoms with Crippen molar-refractivity contribution in [3.05, 3.63) is 62.9 Å². The molecule has 2 amide bonds. The molecule has 1 fully saturated rings. The molecule has 1 saturated heterocycles. The van der Waals surface area contributed by atoms with E-state index in [0.717, 1.165) is 16.8 Å². The van der Waals surface area contributed by atoms with Crippen LogP contribution < -0.4 is 21.9 Å². The number of anilines is 1. The van der Waals surface area contributed by atoms with E-state index in [1.807, 2.05) is 4.98 Å². The van der Waals surface area contributed by atoms with Crippen molar-refractivity contribution in [2.75, 3.05) is 25.1 Å². The van der Waals surface area contributed by atoms with Crippen LogP contribution in [-0.2, 0) is 34.1 Å². The zero-order valence-electron chi connectivity index (χ0n) is 20.2. The highest BCUT2D eigenvalue weighted by atomic mass is 31.2. The third kappa shape index (κ3) is 7.22. The van der Waals surface area contributed by atoms with Crippen LogP contribution in [0, 0.1) is 0 Å². The standard InChI is InChI=1S/C22H29N4O10P/c1-3-34-37(33,35-4-2)12-13-5-7-14(8-6-13)24-16(28)11-23-20(31)19-17(29)18(30)21(36-19)26-10-9-15(27)25-22(26)32/h5-10,17-19,21,29-30H,3-4,11-12H2,1-2H3,(H,23,31)(H,24,28)(H,25,27,32)/t17?,18-,19-,21+/m0/s1. The lowest BCUT2D eigenvalue weighted by molar-refractivity contribution is -0.138. The Morgan fingerprint density at radius 2 is 1.73 bits per heavy atom. The van der Waals surface area contributed by atoms with Crippen LogP contribution in [0.3, 0.4) is 0 Å². The van der Waals surface area contributed by atoms with Crippen LogP contribution >= 0.6 is 7.60 Å². The van der Waals surface area contributed by atoms with Gasteiger partial charge in [-0.3, -0.25) is 28.5 Å². The largest absolute Gasteiger partial charge is 0.387 e. The molecule has 1 aliphatic rings. The van der Waals surface area contributed by atoms with Crippen molar-refractivity contribution in [1.82, 2.24) is 14.9 Å². The lowest BCUT2D eigenvalue weighted by Gasteiger charge is -2.17. The molecule has 2 aromatic rings. The summed E-state index contributed by atoms with van der Waals surface area (Å²) in [5.74, 6) is -1.48. The Morgan fingerprint density at radius 1 is 1.08 bits per heavy atom. The molecule has 1 aromatic carbocycles. The van der Waals surface area contributed by atoms with Crippen LogP contribution in [0.2, 0.25) is 0 Å². The molecule has 202 valence electrons. The Hall–Kier alpha value is -3.13. The number of carbonyl (C=O) groups excluding carboxylic acids is 2. The Morgan fingerprint density at radius 3 is 2.32 bits per heavy atom. The number of H-pyrrole nitrogens is 1. The maximum absolute atomic E-state index is 12.6. The normalized spacial score (nSPS) is 21.5. The van der Waals surface area contributed by atoms with Crippen LogP contribution in [0.15, 0.2) is 46.1 Å². The smallest absolute Gasteiger partial charge is 0.335 e. The summed E-state index contributed by atoms with van der Waals surface area (Å²) in [5, 5.41) is 25.3. The number of nitrogens with one attached hydrogen (secondary N) is 3. The molecule has 14 nitrogen and oxygen atoms in total. The maximum atomic E-state index is 12.6. The number of aliphatic hydroxyl groups is 2. The summed E-state index contributed by atoms with van der Waals surface area (Å²) >= 11 is 0. The van der Waals surface area contributed by atoms with Crippen molar-refractivity contribution >= 4 is 25.1 Å². The van der Waals surface area contributed by atoms with E-state index < -0.39 is 61.7 Å². The van der Waals surface area contributed by atoms with Gasteiger partial charge in [0.2, 0.25) is 5.91 Å². The van der Waals surface area contributed by atoms with Crippen molar-refractivity contribution in [2.24, 2.45) is 0 Å². The molecule has 37 heavy (non-hydrogen) atoms. The number of hydrogen-bond donors (Lipinski definition) is 5. The molecule has 0 radical (unpaired) electrons. The number of benzene rings is 1. The number of rotatable bonds is 11. The molecule has 0 spiro atoms. The summed E-state index contributed by atoms with van der Waals surface area (Å²) in [6, 6.07) is 7.50. The van der Waals surface area contributed by atoms with Gasteiger partial charge in [0.25, 0.3) is 11.5 Å². The summed E-state index contributed by atoms with van der Waals surface area (Å²) in [7, 11) is -3.27. The highest BCUT2D eigenvalue weighted by molar-refractivity contribution is 7.53. The van der Waals surface area contributed by atoms with E-state index >= 15 is 0 Å². The molecule has 15 heteroatoms. The minimum atomic E-state index is -3.27. The summed E-state index contributed by atoms with van der Waals surface area (Å²) in [6.45, 7) is 3.45. The Labute approximate surface area is 211 Å². The summed E-state index contributed by atoms with van der Waals surface area (Å²) < 4.78 is 29.4. The zero-order chi connectivity index (χ0) is 27.2. The van der Waals surface area contributed by atoms with E-state index in [9.17, 15) is 34.0 Å². The fraction of sp³-hybridized carbons (Fsp3) is 0.455. The predicted octanol–water partition coefficient (Wildman–Crippen LogP) is -0.323. The molecule has 4 atom stereocenters. The van der Waals surface area contributed by atoms with E-state index in [0.29, 0.717) is 11.3 Å². The molecule has 1 unspecified atom stereocenters. The predicted molar refractivity (Wildman–Crippen MR) is 130 cm³/mol. The Balaban J connectivity index is 1.54. The van der Waals surface area contributed by atoms with Gasteiger partial charge in [-0.05, 0) is 31.5 Å². The number of aliphatic hydroxyl groups excluding tert-OH is 2. The van der Waals surface area contributed by atoms with Crippen molar-refractivity contribution in [3.63, 3.8) is 0 Å². The van der Waals surface area contributed by atoms with Gasteiger partial charge in [0.15, 0.2) is 12.3 Å². The summed E-state index contributed by atoms with van der Waals surface area (Å²) in [6.07, 6.45) is -5.20.